The summed E-state index contributed by atoms with van der Waals surface area (Å²) in [5, 5.41) is 8.73. The molecule has 0 radical (unpaired) electrons. The molecule has 1 saturated heterocycles. The number of aliphatic carboxylic acids is 1. The minimum Gasteiger partial charge on any atom is -0.497 e. The van der Waals surface area contributed by atoms with Crippen molar-refractivity contribution in [1.82, 2.24) is 4.90 Å². The van der Waals surface area contributed by atoms with E-state index in [1.165, 1.54) is 18.9 Å². The Hall–Kier alpha value is -2.01. The van der Waals surface area contributed by atoms with Gasteiger partial charge in [-0.15, -0.1) is 0 Å². The summed E-state index contributed by atoms with van der Waals surface area (Å²) in [5.41, 5.74) is 0.736. The summed E-state index contributed by atoms with van der Waals surface area (Å²) in [7, 11) is 1.59. The lowest BCUT2D eigenvalue weighted by Crippen LogP contribution is -2.25. The summed E-state index contributed by atoms with van der Waals surface area (Å²) in [6.45, 7) is 3.74. The summed E-state index contributed by atoms with van der Waals surface area (Å²) in [6, 6.07) is 5.36. The Bertz CT molecular complexity index is 507. The average molecular weight is 291 g/mol. The van der Waals surface area contributed by atoms with Crippen molar-refractivity contribution in [2.75, 3.05) is 33.4 Å². The van der Waals surface area contributed by atoms with Crippen LogP contribution in [0.4, 0.5) is 0 Å². The Morgan fingerprint density at radius 1 is 1.38 bits per heavy atom. The number of nitrogens with zero attached hydrogens (tertiary/aromatic N) is 1. The molecule has 1 aromatic rings. The fourth-order valence-electron chi connectivity index (χ4n) is 2.36. The molecule has 1 heterocycles. The maximum atomic E-state index is 10.6. The molecule has 0 saturated carbocycles. The minimum absolute atomic E-state index is 0.584. The van der Waals surface area contributed by atoms with Gasteiger partial charge in [0.1, 0.15) is 18.1 Å². The van der Waals surface area contributed by atoms with E-state index in [0.717, 1.165) is 31.3 Å². The van der Waals surface area contributed by atoms with Gasteiger partial charge in [-0.25, -0.2) is 4.79 Å². The van der Waals surface area contributed by atoms with Crippen molar-refractivity contribution in [2.24, 2.45) is 0 Å². The van der Waals surface area contributed by atoms with Crippen molar-refractivity contribution in [3.8, 4) is 11.5 Å². The number of methoxy groups -OCH3 is 1. The largest absolute Gasteiger partial charge is 0.497 e. The Morgan fingerprint density at radius 2 is 2.14 bits per heavy atom. The summed E-state index contributed by atoms with van der Waals surface area (Å²) < 4.78 is 11.0. The second-order valence-corrected chi connectivity index (χ2v) is 4.97. The standard InChI is InChI=1S/C16H21NO4/c1-20-14-6-4-13(5-7-16(18)19)15(12-14)21-11-10-17-8-2-3-9-17/h4-7,12H,2-3,8-11H2,1H3,(H,18,19). The van der Waals surface area contributed by atoms with Gasteiger partial charge >= 0.3 is 5.97 Å². The van der Waals surface area contributed by atoms with E-state index in [4.69, 9.17) is 14.6 Å². The molecule has 0 aliphatic carbocycles. The van der Waals surface area contributed by atoms with Gasteiger partial charge in [0.05, 0.1) is 7.11 Å². The highest BCUT2D eigenvalue weighted by molar-refractivity contribution is 5.86. The van der Waals surface area contributed by atoms with Gasteiger partial charge in [-0.2, -0.15) is 0 Å². The number of carboxylic acids is 1. The first kappa shape index (κ1) is 15.4. The van der Waals surface area contributed by atoms with E-state index in [-0.39, 0.29) is 0 Å². The lowest BCUT2D eigenvalue weighted by atomic mass is 10.1. The molecule has 0 unspecified atom stereocenters. The first-order valence-electron chi connectivity index (χ1n) is 7.13. The highest BCUT2D eigenvalue weighted by atomic mass is 16.5. The van der Waals surface area contributed by atoms with Gasteiger partial charge in [0.15, 0.2) is 0 Å². The van der Waals surface area contributed by atoms with Crippen molar-refractivity contribution in [2.45, 2.75) is 12.8 Å². The number of carbonyl (C=O) groups is 1. The zero-order valence-electron chi connectivity index (χ0n) is 12.2. The van der Waals surface area contributed by atoms with E-state index < -0.39 is 5.97 Å². The molecule has 0 atom stereocenters. The molecule has 0 amide bonds. The van der Waals surface area contributed by atoms with E-state index in [1.54, 1.807) is 25.3 Å². The third-order valence-corrected chi connectivity index (χ3v) is 3.49. The molecular weight excluding hydrogens is 270 g/mol. The lowest BCUT2D eigenvalue weighted by molar-refractivity contribution is -0.131. The van der Waals surface area contributed by atoms with Crippen LogP contribution < -0.4 is 9.47 Å². The summed E-state index contributed by atoms with van der Waals surface area (Å²) in [4.78, 5) is 13.0. The second-order valence-electron chi connectivity index (χ2n) is 4.97. The highest BCUT2D eigenvalue weighted by Gasteiger charge is 2.11. The third kappa shape index (κ3) is 4.79. The molecule has 1 aliphatic rings. The van der Waals surface area contributed by atoms with Gasteiger partial charge in [-0.1, -0.05) is 0 Å². The fourth-order valence-corrected chi connectivity index (χ4v) is 2.36. The number of likely N-dealkylation sites (tertiary alicyclic amines) is 1. The van der Waals surface area contributed by atoms with Crippen LogP contribution in [0.2, 0.25) is 0 Å². The number of ether oxygens (including phenoxy) is 2. The smallest absolute Gasteiger partial charge is 0.328 e. The Balaban J connectivity index is 2.01. The Morgan fingerprint density at radius 3 is 2.81 bits per heavy atom. The molecule has 5 nitrogen and oxygen atoms in total. The fraction of sp³-hybridized carbons (Fsp3) is 0.438. The molecule has 0 spiro atoms. The lowest BCUT2D eigenvalue weighted by Gasteiger charge is -2.16. The molecule has 21 heavy (non-hydrogen) atoms. The van der Waals surface area contributed by atoms with Crippen LogP contribution in [0.3, 0.4) is 0 Å². The van der Waals surface area contributed by atoms with E-state index in [0.29, 0.717) is 18.1 Å². The third-order valence-electron chi connectivity index (χ3n) is 3.49. The molecule has 0 bridgehead atoms. The van der Waals surface area contributed by atoms with Crippen molar-refractivity contribution >= 4 is 12.0 Å². The van der Waals surface area contributed by atoms with Gasteiger partial charge in [-0.3, -0.25) is 4.90 Å². The van der Waals surface area contributed by atoms with Gasteiger partial charge < -0.3 is 14.6 Å². The van der Waals surface area contributed by atoms with Crippen LogP contribution in [-0.2, 0) is 4.79 Å². The van der Waals surface area contributed by atoms with Crippen LogP contribution in [0, 0.1) is 0 Å². The van der Waals surface area contributed by atoms with Crippen molar-refractivity contribution < 1.29 is 19.4 Å². The zero-order valence-corrected chi connectivity index (χ0v) is 12.2. The molecule has 1 N–H and O–H groups in total. The number of hydrogen-bond acceptors (Lipinski definition) is 4. The maximum Gasteiger partial charge on any atom is 0.328 e. The minimum atomic E-state index is -0.978. The van der Waals surface area contributed by atoms with Crippen LogP contribution in [0.5, 0.6) is 11.5 Å². The molecule has 0 aromatic heterocycles. The first-order chi connectivity index (χ1) is 10.2. The SMILES string of the molecule is COc1ccc(C=CC(=O)O)c(OCCN2CCCC2)c1. The second kappa shape index (κ2) is 7.69. The zero-order chi connectivity index (χ0) is 15.1. The Labute approximate surface area is 124 Å². The van der Waals surface area contributed by atoms with Crippen LogP contribution in [0.25, 0.3) is 6.08 Å². The number of carboxylic acid groups (broad SMARTS) is 1. The number of rotatable bonds is 7. The molecule has 1 fully saturated rings. The van der Waals surface area contributed by atoms with E-state index in [1.807, 2.05) is 0 Å². The summed E-state index contributed by atoms with van der Waals surface area (Å²) in [6.07, 6.45) is 5.15. The monoisotopic (exact) mass is 291 g/mol. The highest BCUT2D eigenvalue weighted by Crippen LogP contribution is 2.26. The molecule has 114 valence electrons. The molecule has 5 heteroatoms. The van der Waals surface area contributed by atoms with Crippen LogP contribution in [0.15, 0.2) is 24.3 Å². The van der Waals surface area contributed by atoms with Crippen LogP contribution in [0.1, 0.15) is 18.4 Å². The number of hydrogen-bond donors (Lipinski definition) is 1. The van der Waals surface area contributed by atoms with E-state index in [2.05, 4.69) is 4.90 Å². The average Bonchev–Trinajstić information content (AvgIpc) is 2.99. The topological polar surface area (TPSA) is 59.0 Å². The molecule has 1 aromatic carbocycles. The Kier molecular flexibility index (Phi) is 5.63. The van der Waals surface area contributed by atoms with E-state index in [9.17, 15) is 4.79 Å². The van der Waals surface area contributed by atoms with Crippen molar-refractivity contribution in [1.29, 1.82) is 0 Å². The van der Waals surface area contributed by atoms with Gasteiger partial charge in [0.25, 0.3) is 0 Å². The molecule has 1 aliphatic heterocycles. The quantitative estimate of drug-likeness (QED) is 0.781. The normalized spacial score (nSPS) is 15.5. The summed E-state index contributed by atoms with van der Waals surface area (Å²) in [5.74, 6) is 0.360. The van der Waals surface area contributed by atoms with Gasteiger partial charge in [0.2, 0.25) is 0 Å². The molecular formula is C16H21NO4. The first-order valence-corrected chi connectivity index (χ1v) is 7.13. The van der Waals surface area contributed by atoms with E-state index >= 15 is 0 Å². The maximum absolute atomic E-state index is 10.6. The van der Waals surface area contributed by atoms with Crippen LogP contribution >= 0.6 is 0 Å². The number of benzene rings is 1. The van der Waals surface area contributed by atoms with Gasteiger partial charge in [-0.05, 0) is 44.1 Å². The van der Waals surface area contributed by atoms with Crippen molar-refractivity contribution in [3.63, 3.8) is 0 Å². The summed E-state index contributed by atoms with van der Waals surface area (Å²) >= 11 is 0. The predicted molar refractivity (Wildman–Crippen MR) is 80.8 cm³/mol. The van der Waals surface area contributed by atoms with Gasteiger partial charge in [0, 0.05) is 24.3 Å². The van der Waals surface area contributed by atoms with Crippen molar-refractivity contribution in [3.05, 3.63) is 29.8 Å². The molecule has 2 rings (SSSR count). The van der Waals surface area contributed by atoms with Crippen LogP contribution in [-0.4, -0.2) is 49.3 Å². The predicted octanol–water partition coefficient (Wildman–Crippen LogP) is 2.27.